The first-order valence-electron chi connectivity index (χ1n) is 10.00. The van der Waals surface area contributed by atoms with E-state index >= 15 is 0 Å². The van der Waals surface area contributed by atoms with Gasteiger partial charge < -0.3 is 15.2 Å². The predicted molar refractivity (Wildman–Crippen MR) is 93.7 cm³/mol. The first kappa shape index (κ1) is 18.2. The lowest BCUT2D eigenvalue weighted by Crippen LogP contribution is -2.45. The van der Waals surface area contributed by atoms with E-state index in [2.05, 4.69) is 10.2 Å². The summed E-state index contributed by atoms with van der Waals surface area (Å²) >= 11 is 0. The van der Waals surface area contributed by atoms with Gasteiger partial charge in [0.1, 0.15) is 0 Å². The van der Waals surface area contributed by atoms with E-state index < -0.39 is 0 Å². The molecule has 0 aromatic carbocycles. The fourth-order valence-corrected chi connectivity index (χ4v) is 4.61. The fourth-order valence-electron chi connectivity index (χ4n) is 4.61. The zero-order chi connectivity index (χ0) is 16.8. The molecule has 3 fully saturated rings. The van der Waals surface area contributed by atoms with E-state index in [0.717, 1.165) is 51.5 Å². The second kappa shape index (κ2) is 9.16. The highest BCUT2D eigenvalue weighted by molar-refractivity contribution is 5.82. The first-order valence-corrected chi connectivity index (χ1v) is 10.00. The van der Waals surface area contributed by atoms with Crippen LogP contribution < -0.4 is 5.32 Å². The average molecular weight is 338 g/mol. The van der Waals surface area contributed by atoms with Crippen LogP contribution in [0.2, 0.25) is 0 Å². The van der Waals surface area contributed by atoms with Gasteiger partial charge >= 0.3 is 0 Å². The van der Waals surface area contributed by atoms with Crippen molar-refractivity contribution >= 4 is 5.91 Å². The molecule has 1 amide bonds. The summed E-state index contributed by atoms with van der Waals surface area (Å²) in [4.78, 5) is 14.8. The maximum atomic E-state index is 12.6. The van der Waals surface area contributed by atoms with Gasteiger partial charge in [0.2, 0.25) is 5.91 Å². The number of hydrogen-bond acceptors (Lipinski definition) is 4. The smallest absolute Gasteiger partial charge is 0.237 e. The van der Waals surface area contributed by atoms with E-state index in [-0.39, 0.29) is 18.1 Å². The number of ether oxygens (including phenoxy) is 1. The minimum atomic E-state index is -0.362. The van der Waals surface area contributed by atoms with E-state index in [1.165, 1.54) is 32.1 Å². The monoisotopic (exact) mass is 338 g/mol. The molecule has 24 heavy (non-hydrogen) atoms. The van der Waals surface area contributed by atoms with Gasteiger partial charge in [-0.05, 0) is 37.5 Å². The maximum absolute atomic E-state index is 12.6. The number of likely N-dealkylation sites (tertiary alicyclic amines) is 1. The molecule has 3 aliphatic rings. The highest BCUT2D eigenvalue weighted by Crippen LogP contribution is 2.26. The third-order valence-electron chi connectivity index (χ3n) is 6.09. The number of carbonyl (C=O) groups excluding carboxylic acids is 1. The molecule has 5 nitrogen and oxygen atoms in total. The average Bonchev–Trinajstić information content (AvgIpc) is 2.97. The third kappa shape index (κ3) is 5.17. The second-order valence-electron chi connectivity index (χ2n) is 8.00. The van der Waals surface area contributed by atoms with Crippen LogP contribution in [0.4, 0.5) is 0 Å². The molecule has 2 heterocycles. The minimum Gasteiger partial charge on any atom is -0.392 e. The van der Waals surface area contributed by atoms with Crippen molar-refractivity contribution in [1.29, 1.82) is 0 Å². The fraction of sp³-hybridized carbons (Fsp3) is 0.947. The topological polar surface area (TPSA) is 61.8 Å². The Morgan fingerprint density at radius 3 is 2.58 bits per heavy atom. The summed E-state index contributed by atoms with van der Waals surface area (Å²) in [6.45, 7) is 4.01. The molecule has 0 aromatic heterocycles. The van der Waals surface area contributed by atoms with E-state index in [0.29, 0.717) is 18.9 Å². The van der Waals surface area contributed by atoms with Crippen molar-refractivity contribution in [2.75, 3.05) is 32.8 Å². The van der Waals surface area contributed by atoms with Gasteiger partial charge in [0.05, 0.1) is 12.1 Å². The lowest BCUT2D eigenvalue weighted by atomic mass is 9.87. The summed E-state index contributed by atoms with van der Waals surface area (Å²) in [7, 11) is 0. The lowest BCUT2D eigenvalue weighted by molar-refractivity contribution is -0.125. The van der Waals surface area contributed by atoms with Crippen molar-refractivity contribution in [3.63, 3.8) is 0 Å². The van der Waals surface area contributed by atoms with Crippen LogP contribution in [-0.2, 0) is 9.53 Å². The zero-order valence-corrected chi connectivity index (χ0v) is 14.9. The van der Waals surface area contributed by atoms with Crippen molar-refractivity contribution in [2.24, 2.45) is 11.8 Å². The van der Waals surface area contributed by atoms with E-state index in [1.54, 1.807) is 0 Å². The SMILES string of the molecule is O=C(NCCC1CCCCC1)C1CC(O)CN1CC1CCOCC1. The molecule has 5 heteroatoms. The molecule has 2 N–H and O–H groups in total. The summed E-state index contributed by atoms with van der Waals surface area (Å²) in [5.41, 5.74) is 0. The van der Waals surface area contributed by atoms with Gasteiger partial charge in [-0.1, -0.05) is 32.1 Å². The summed E-state index contributed by atoms with van der Waals surface area (Å²) in [5.74, 6) is 1.52. The number of aliphatic hydroxyl groups excluding tert-OH is 1. The zero-order valence-electron chi connectivity index (χ0n) is 14.9. The van der Waals surface area contributed by atoms with Crippen molar-refractivity contribution < 1.29 is 14.6 Å². The van der Waals surface area contributed by atoms with Crippen molar-refractivity contribution in [3.05, 3.63) is 0 Å². The van der Waals surface area contributed by atoms with Gasteiger partial charge in [0, 0.05) is 32.8 Å². The quantitative estimate of drug-likeness (QED) is 0.777. The Bertz CT molecular complexity index is 392. The number of carbonyl (C=O) groups is 1. The molecule has 2 unspecified atom stereocenters. The second-order valence-corrected chi connectivity index (χ2v) is 8.00. The number of amides is 1. The minimum absolute atomic E-state index is 0.120. The van der Waals surface area contributed by atoms with E-state index in [9.17, 15) is 9.90 Å². The first-order chi connectivity index (χ1) is 11.7. The molecular weight excluding hydrogens is 304 g/mol. The summed E-state index contributed by atoms with van der Waals surface area (Å²) in [5, 5.41) is 13.2. The van der Waals surface area contributed by atoms with Crippen molar-refractivity contribution in [3.8, 4) is 0 Å². The Hall–Kier alpha value is -0.650. The molecule has 0 spiro atoms. The van der Waals surface area contributed by atoms with Crippen LogP contribution in [0, 0.1) is 11.8 Å². The number of rotatable bonds is 6. The molecule has 2 aliphatic heterocycles. The molecular formula is C19H34N2O3. The molecule has 138 valence electrons. The van der Waals surface area contributed by atoms with Gasteiger partial charge in [-0.25, -0.2) is 0 Å². The van der Waals surface area contributed by atoms with Crippen LogP contribution in [0.15, 0.2) is 0 Å². The molecule has 0 aromatic rings. The van der Waals surface area contributed by atoms with Gasteiger partial charge in [-0.15, -0.1) is 0 Å². The molecule has 2 atom stereocenters. The van der Waals surface area contributed by atoms with Crippen molar-refractivity contribution in [2.45, 2.75) is 69.9 Å². The number of hydrogen-bond donors (Lipinski definition) is 2. The Kier molecular flexibility index (Phi) is 6.93. The molecule has 3 rings (SSSR count). The van der Waals surface area contributed by atoms with Crippen LogP contribution in [0.3, 0.4) is 0 Å². The van der Waals surface area contributed by atoms with Gasteiger partial charge in [-0.2, -0.15) is 0 Å². The number of nitrogens with zero attached hydrogens (tertiary/aromatic N) is 1. The molecule has 0 radical (unpaired) electrons. The molecule has 1 saturated carbocycles. The van der Waals surface area contributed by atoms with Gasteiger partial charge in [-0.3, -0.25) is 9.69 Å². The van der Waals surface area contributed by atoms with Gasteiger partial charge in [0.15, 0.2) is 0 Å². The number of β-amino-alcohol motifs (C(OH)–C–C–N with tert-alkyl or cyclic N) is 1. The standard InChI is InChI=1S/C19H34N2O3/c22-17-12-18(21(14-17)13-16-7-10-24-11-8-16)19(23)20-9-6-15-4-2-1-3-5-15/h15-18,22H,1-14H2,(H,20,23). The van der Waals surface area contributed by atoms with Gasteiger partial charge in [0.25, 0.3) is 0 Å². The summed E-state index contributed by atoms with van der Waals surface area (Å²) in [6, 6.07) is -0.144. The molecule has 2 saturated heterocycles. The summed E-state index contributed by atoms with van der Waals surface area (Å²) in [6.07, 6.45) is 10.2. The highest BCUT2D eigenvalue weighted by Gasteiger charge is 2.37. The molecule has 0 bridgehead atoms. The summed E-state index contributed by atoms with van der Waals surface area (Å²) < 4.78 is 5.42. The van der Waals surface area contributed by atoms with Crippen molar-refractivity contribution in [1.82, 2.24) is 10.2 Å². The van der Waals surface area contributed by atoms with E-state index in [1.807, 2.05) is 0 Å². The maximum Gasteiger partial charge on any atom is 0.237 e. The van der Waals surface area contributed by atoms with Crippen LogP contribution in [-0.4, -0.2) is 60.9 Å². The molecule has 1 aliphatic carbocycles. The van der Waals surface area contributed by atoms with Crippen LogP contribution >= 0.6 is 0 Å². The Morgan fingerprint density at radius 2 is 1.83 bits per heavy atom. The largest absolute Gasteiger partial charge is 0.392 e. The lowest BCUT2D eigenvalue weighted by Gasteiger charge is -2.30. The Morgan fingerprint density at radius 1 is 1.08 bits per heavy atom. The van der Waals surface area contributed by atoms with Crippen LogP contribution in [0.25, 0.3) is 0 Å². The highest BCUT2D eigenvalue weighted by atomic mass is 16.5. The third-order valence-corrected chi connectivity index (χ3v) is 6.09. The Labute approximate surface area is 146 Å². The predicted octanol–water partition coefficient (Wildman–Crippen LogP) is 1.93. The van der Waals surface area contributed by atoms with E-state index in [4.69, 9.17) is 4.74 Å². The normalized spacial score (nSPS) is 30.5. The number of aliphatic hydroxyl groups is 1. The van der Waals surface area contributed by atoms with Crippen LogP contribution in [0.5, 0.6) is 0 Å². The Balaban J connectivity index is 1.42. The van der Waals surface area contributed by atoms with Crippen LogP contribution in [0.1, 0.15) is 57.8 Å². The number of nitrogens with one attached hydrogen (secondary N) is 1.